The van der Waals surface area contributed by atoms with E-state index in [1.807, 2.05) is 18.2 Å². The fraction of sp³-hybridized carbons (Fsp3) is 0.120. The summed E-state index contributed by atoms with van der Waals surface area (Å²) in [6.45, 7) is -0.0126. The maximum atomic E-state index is 13.2. The number of hydrazine groups is 3. The zero-order chi connectivity index (χ0) is 25.8. The molecule has 0 aliphatic rings. The van der Waals surface area contributed by atoms with Crippen molar-refractivity contribution in [3.63, 3.8) is 0 Å². The van der Waals surface area contributed by atoms with Crippen molar-refractivity contribution < 1.29 is 19.2 Å². The van der Waals surface area contributed by atoms with Gasteiger partial charge in [-0.05, 0) is 16.7 Å². The molecule has 0 aromatic heterocycles. The van der Waals surface area contributed by atoms with Crippen LogP contribution in [0.15, 0.2) is 91.0 Å². The maximum Gasteiger partial charge on any atom is 0.355 e. The largest absolute Gasteiger partial charge is 0.518 e. The summed E-state index contributed by atoms with van der Waals surface area (Å²) in [6, 6.07) is 24.3. The van der Waals surface area contributed by atoms with Gasteiger partial charge >= 0.3 is 18.1 Å². The van der Waals surface area contributed by atoms with Gasteiger partial charge in [-0.25, -0.2) is 35.3 Å². The Morgan fingerprint density at radius 1 is 0.622 bits per heavy atom. The molecular formula is C25H26FmN7O4-. The van der Waals surface area contributed by atoms with Crippen LogP contribution in [-0.2, 0) is 24.4 Å². The number of rotatable bonds is 8. The molecule has 198 valence electrons. The second kappa shape index (κ2) is 13.6. The molecule has 37 heavy (non-hydrogen) atoms. The zero-order valence-corrected chi connectivity index (χ0v) is 22.0. The van der Waals surface area contributed by atoms with Crippen LogP contribution in [0.2, 0.25) is 0 Å². The Labute approximate surface area is 208 Å². The molecule has 0 saturated carbocycles. The van der Waals surface area contributed by atoms with Gasteiger partial charge in [0.1, 0.15) is 0 Å². The van der Waals surface area contributed by atoms with Crippen LogP contribution in [-0.4, -0.2) is 39.5 Å². The Morgan fingerprint density at radius 3 is 1.38 bits per heavy atom. The summed E-state index contributed by atoms with van der Waals surface area (Å²) in [4.78, 5) is 49.2. The molecular weight excluding hydrogens is 719 g/mol. The minimum Gasteiger partial charge on any atom is -0.518 e. The maximum absolute atomic E-state index is 13.2. The third kappa shape index (κ3) is 8.34. The summed E-state index contributed by atoms with van der Waals surface area (Å²) in [5, 5.41) is 2.87. The average molecular weight is 746 g/mol. The third-order valence-corrected chi connectivity index (χ3v) is 4.95. The second-order valence-electron chi connectivity index (χ2n) is 7.60. The van der Waals surface area contributed by atoms with Gasteiger partial charge in [0.2, 0.25) is 0 Å². The Morgan fingerprint density at radius 2 is 0.973 bits per heavy atom. The fourth-order valence-electron chi connectivity index (χ4n) is 3.20. The molecule has 0 bridgehead atoms. The van der Waals surface area contributed by atoms with Gasteiger partial charge < -0.3 is 16.0 Å². The molecule has 0 saturated heterocycles. The number of benzene rings is 3. The predicted octanol–water partition coefficient (Wildman–Crippen LogP) is 2.39. The van der Waals surface area contributed by atoms with E-state index in [4.69, 9.17) is 5.73 Å². The second-order valence-corrected chi connectivity index (χ2v) is 7.60. The first kappa shape index (κ1) is 27.2. The number of nitrogens with one attached hydrogen (secondary N) is 3. The first-order valence-corrected chi connectivity index (χ1v) is 10.9. The number of amides is 7. The Kier molecular flexibility index (Phi) is 9.99. The van der Waals surface area contributed by atoms with E-state index in [0.717, 1.165) is 26.2 Å². The summed E-state index contributed by atoms with van der Waals surface area (Å²) < 4.78 is 0. The van der Waals surface area contributed by atoms with Gasteiger partial charge in [0, 0.05) is 0 Å². The van der Waals surface area contributed by atoms with Gasteiger partial charge in [-0.3, -0.25) is 5.01 Å². The molecule has 0 heterocycles. The van der Waals surface area contributed by atoms with E-state index in [1.54, 1.807) is 72.8 Å². The molecule has 7 amide bonds. The first-order chi connectivity index (χ1) is 17.5. The van der Waals surface area contributed by atoms with Crippen molar-refractivity contribution in [3.05, 3.63) is 108 Å². The van der Waals surface area contributed by atoms with Gasteiger partial charge in [0.25, 0.3) is 0 Å². The van der Waals surface area contributed by atoms with Crippen LogP contribution in [0.1, 0.15) is 16.7 Å². The topological polar surface area (TPSA) is 140 Å². The minimum atomic E-state index is -0.888. The molecule has 0 aliphatic heterocycles. The number of urea groups is 3. The van der Waals surface area contributed by atoms with Crippen LogP contribution in [0, 0.1) is 0 Å². The number of carbonyl (C=O) groups is 3. The zero-order valence-electron chi connectivity index (χ0n) is 19.6. The third-order valence-electron chi connectivity index (χ3n) is 4.95. The van der Waals surface area contributed by atoms with Crippen molar-refractivity contribution in [2.75, 3.05) is 0 Å². The molecule has 0 atom stereocenters. The van der Waals surface area contributed by atoms with Crippen LogP contribution >= 0.6 is 0 Å². The van der Waals surface area contributed by atoms with E-state index in [-0.39, 0.29) is 19.6 Å². The number of nitrogens with two attached hydrogens (primary N) is 1. The van der Waals surface area contributed by atoms with E-state index in [2.05, 4.69) is 16.3 Å². The molecule has 0 fully saturated rings. The number of primary amides is 1. The summed E-state index contributed by atoms with van der Waals surface area (Å²) in [6.07, 6.45) is 1.47. The summed E-state index contributed by atoms with van der Waals surface area (Å²) in [5.41, 5.74) is 14.7. The number of hydrogen-bond donors (Lipinski definition) is 4. The van der Waals surface area contributed by atoms with Crippen molar-refractivity contribution in [1.29, 1.82) is 0 Å². The minimum absolute atomic E-state index is 0. The smallest absolute Gasteiger partial charge is 0.355 e. The van der Waals surface area contributed by atoms with Gasteiger partial charge in [-0.1, -0.05) is 91.0 Å². The normalized spacial score (nSPS) is 9.73. The molecule has 0 spiro atoms. The van der Waals surface area contributed by atoms with E-state index in [0.29, 0.717) is 5.56 Å². The summed E-state index contributed by atoms with van der Waals surface area (Å²) >= 11 is 0. The van der Waals surface area contributed by atoms with Crippen molar-refractivity contribution in [2.24, 2.45) is 5.73 Å². The Bertz CT molecular complexity index is 1150. The Balaban J connectivity index is 0.00000481. The summed E-state index contributed by atoms with van der Waals surface area (Å²) in [5.74, 6) is 0. The van der Waals surface area contributed by atoms with Gasteiger partial charge in [-0.15, -0.1) is 6.41 Å². The fourth-order valence-corrected chi connectivity index (χ4v) is 3.20. The SMILES string of the molecule is NC(=O)N(Cc1ccccc1)NC(=O)N(Cc1ccccc1)NC(=O)N(Cc1ccccc1)N[C-]=O.[Fm]. The first-order valence-electron chi connectivity index (χ1n) is 10.9. The van der Waals surface area contributed by atoms with E-state index in [9.17, 15) is 19.2 Å². The molecule has 11 nitrogen and oxygen atoms in total. The number of hydrogen-bond acceptors (Lipinski definition) is 4. The van der Waals surface area contributed by atoms with Crippen LogP contribution in [0.3, 0.4) is 0 Å². The van der Waals surface area contributed by atoms with Gasteiger partial charge in [-0.2, -0.15) is 0 Å². The van der Waals surface area contributed by atoms with Crippen molar-refractivity contribution >= 4 is 24.5 Å². The van der Waals surface area contributed by atoms with Crippen molar-refractivity contribution in [2.45, 2.75) is 19.6 Å². The standard InChI is InChI=1S/C25H26N7O4.Fm/c26-23(34)30(16-20-10-4-1-5-11-20)28-25(36)32(18-22-14-8-3-9-15-22)29-24(35)31(27-19-33)17-21-12-6-2-7-13-21;/h1-15H,16-18H2,(H2,26,34)(H,27,33)(H,28,36)(H,29,35);/q-1;. The average Bonchev–Trinajstić information content (AvgIpc) is 2.89. The quantitative estimate of drug-likeness (QED) is 0.160. The Hall–Kier alpha value is -6.06. The van der Waals surface area contributed by atoms with E-state index >= 15 is 0 Å². The van der Waals surface area contributed by atoms with Crippen LogP contribution in [0.4, 0.5) is 14.4 Å². The van der Waals surface area contributed by atoms with Crippen molar-refractivity contribution in [3.8, 4) is 0 Å². The van der Waals surface area contributed by atoms with Crippen molar-refractivity contribution in [1.82, 2.24) is 31.3 Å². The monoisotopic (exact) mass is 745 g/mol. The molecule has 3 aromatic rings. The molecule has 3 rings (SSSR count). The molecule has 0 aliphatic carbocycles. The van der Waals surface area contributed by atoms with Crippen LogP contribution in [0.25, 0.3) is 0 Å². The molecule has 3 aromatic carbocycles. The molecule has 0 unspecified atom stereocenters. The van der Waals surface area contributed by atoms with Crippen LogP contribution in [0.5, 0.6) is 0 Å². The number of carbonyl (C=O) groups excluding carboxylic acids is 4. The molecule has 0 radical (unpaired) electrons. The molecule has 12 heteroatoms. The van der Waals surface area contributed by atoms with Crippen LogP contribution < -0.4 is 22.0 Å². The van der Waals surface area contributed by atoms with Gasteiger partial charge in [0.05, 0.1) is 19.6 Å². The summed E-state index contributed by atoms with van der Waals surface area (Å²) in [7, 11) is 0. The van der Waals surface area contributed by atoms with Gasteiger partial charge in [0.15, 0.2) is 0 Å². The predicted molar refractivity (Wildman–Crippen MR) is 131 cm³/mol. The number of nitrogens with zero attached hydrogens (tertiary/aromatic N) is 3. The van der Waals surface area contributed by atoms with E-state index in [1.165, 1.54) is 6.41 Å². The molecule has 5 N–H and O–H groups in total. The van der Waals surface area contributed by atoms with E-state index < -0.39 is 18.1 Å².